The van der Waals surface area contributed by atoms with Crippen LogP contribution in [0.5, 0.6) is 5.75 Å². The van der Waals surface area contributed by atoms with Crippen LogP contribution in [0, 0.1) is 0 Å². The Kier molecular flexibility index (Phi) is 6.30. The molecule has 1 fully saturated rings. The molecule has 1 unspecified atom stereocenters. The third-order valence-corrected chi connectivity index (χ3v) is 7.09. The lowest BCUT2D eigenvalue weighted by Crippen LogP contribution is -2.46. The maximum Gasteiger partial charge on any atom is 0.573 e. The highest BCUT2D eigenvalue weighted by Crippen LogP contribution is 2.44. The lowest BCUT2D eigenvalue weighted by molar-refractivity contribution is -0.274. The minimum absolute atomic E-state index is 0.0585. The van der Waals surface area contributed by atoms with E-state index in [1.54, 1.807) is 6.92 Å². The number of alkyl halides is 3. The third kappa shape index (κ3) is 4.89. The van der Waals surface area contributed by atoms with E-state index < -0.39 is 41.0 Å². The number of imidazole rings is 1. The summed E-state index contributed by atoms with van der Waals surface area (Å²) in [4.78, 5) is 44.4. The van der Waals surface area contributed by atoms with E-state index in [-0.39, 0.29) is 46.6 Å². The van der Waals surface area contributed by atoms with Crippen molar-refractivity contribution in [3.05, 3.63) is 70.0 Å². The second kappa shape index (κ2) is 9.16. The molecule has 204 valence electrons. The zero-order valence-corrected chi connectivity index (χ0v) is 21.6. The molecule has 1 atom stereocenters. The first kappa shape index (κ1) is 26.8. The van der Waals surface area contributed by atoms with Crippen molar-refractivity contribution in [1.29, 1.82) is 0 Å². The van der Waals surface area contributed by atoms with Gasteiger partial charge in [-0.25, -0.2) is 14.7 Å². The Bertz CT molecular complexity index is 1480. The van der Waals surface area contributed by atoms with Gasteiger partial charge in [-0.3, -0.25) is 14.2 Å². The number of aliphatic carboxylic acids is 1. The summed E-state index contributed by atoms with van der Waals surface area (Å²) in [5, 5.41) is 12.5. The molecule has 0 spiro atoms. The van der Waals surface area contributed by atoms with Gasteiger partial charge in [0.2, 0.25) is 5.95 Å². The van der Waals surface area contributed by atoms with Crippen molar-refractivity contribution < 1.29 is 37.4 Å². The molecule has 1 aromatic heterocycles. The van der Waals surface area contributed by atoms with E-state index in [2.05, 4.69) is 15.0 Å². The fourth-order valence-electron chi connectivity index (χ4n) is 4.63. The Balaban J connectivity index is 1.57. The smallest absolute Gasteiger partial charge is 0.480 e. The van der Waals surface area contributed by atoms with Gasteiger partial charge < -0.3 is 15.2 Å². The van der Waals surface area contributed by atoms with Crippen molar-refractivity contribution in [3.8, 4) is 5.75 Å². The van der Waals surface area contributed by atoms with Gasteiger partial charge in [0.1, 0.15) is 22.5 Å². The van der Waals surface area contributed by atoms with Crippen LogP contribution in [0.2, 0.25) is 10.0 Å². The Hall–Kier alpha value is -3.77. The van der Waals surface area contributed by atoms with Crippen molar-refractivity contribution in [3.63, 3.8) is 0 Å². The Morgan fingerprint density at radius 2 is 1.74 bits per heavy atom. The Morgan fingerprint density at radius 3 is 2.28 bits per heavy atom. The van der Waals surface area contributed by atoms with Crippen LogP contribution >= 0.6 is 23.2 Å². The third-order valence-electron chi connectivity index (χ3n) is 6.66. The zero-order chi connectivity index (χ0) is 28.3. The highest BCUT2D eigenvalue weighted by atomic mass is 35.5. The molecule has 2 N–H and O–H groups in total. The Labute approximate surface area is 229 Å². The number of nitrogens with zero attached hydrogens (tertiary/aromatic N) is 3. The summed E-state index contributed by atoms with van der Waals surface area (Å²) in [7, 11) is 0. The number of hydrogen-bond donors (Lipinski definition) is 2. The Morgan fingerprint density at radius 1 is 1.13 bits per heavy atom. The largest absolute Gasteiger partial charge is 0.573 e. The van der Waals surface area contributed by atoms with Gasteiger partial charge in [-0.1, -0.05) is 35.3 Å². The fourth-order valence-corrected chi connectivity index (χ4v) is 5.15. The number of carboxylic acids is 1. The van der Waals surface area contributed by atoms with Crippen molar-refractivity contribution in [2.45, 2.75) is 43.6 Å². The molecule has 14 heteroatoms. The van der Waals surface area contributed by atoms with Crippen molar-refractivity contribution in [2.75, 3.05) is 4.90 Å². The van der Waals surface area contributed by atoms with Crippen molar-refractivity contribution in [2.24, 2.45) is 0 Å². The summed E-state index contributed by atoms with van der Waals surface area (Å²) in [5.41, 5.74) is -2.23. The van der Waals surface area contributed by atoms with Crippen LogP contribution < -0.4 is 15.0 Å². The van der Waals surface area contributed by atoms with Crippen LogP contribution in [-0.4, -0.2) is 44.3 Å². The topological polar surface area (TPSA) is 114 Å². The van der Waals surface area contributed by atoms with Gasteiger partial charge in [0.15, 0.2) is 0 Å². The molecule has 1 aliphatic heterocycles. The van der Waals surface area contributed by atoms with Crippen LogP contribution in [0.3, 0.4) is 0 Å². The van der Waals surface area contributed by atoms with Gasteiger partial charge in [0.25, 0.3) is 11.8 Å². The standard InChI is InChI=1S/C25H19Cl2F3N4O5/c1-23(11-13-2-4-17(5-3-13)39-25(28,29)30)20(36)33(16-9-14(26)8-15(27)10-16)22-31-12-18(34(22)23)19(35)32-24(6-7-24)21(37)38/h2-5,8-10,12H,6-7,11H2,1H3,(H,32,35)(H,37,38). The molecule has 0 saturated heterocycles. The number of halogens is 5. The maximum absolute atomic E-state index is 14.0. The maximum atomic E-state index is 14.0. The summed E-state index contributed by atoms with van der Waals surface area (Å²) in [6, 6.07) is 9.43. The SMILES string of the molecule is CC1(Cc2ccc(OC(F)(F)F)cc2)C(=O)N(c2cc(Cl)cc(Cl)c2)c2ncc(C(=O)NC3(C(=O)O)CC3)n21. The van der Waals surface area contributed by atoms with Crippen LogP contribution in [0.1, 0.15) is 35.8 Å². The molecular weight excluding hydrogens is 564 g/mol. The highest BCUT2D eigenvalue weighted by Gasteiger charge is 2.54. The van der Waals surface area contributed by atoms with E-state index >= 15 is 0 Å². The summed E-state index contributed by atoms with van der Waals surface area (Å²) in [6.45, 7) is 1.55. The van der Waals surface area contributed by atoms with Crippen LogP contribution in [0.4, 0.5) is 24.8 Å². The van der Waals surface area contributed by atoms with Gasteiger partial charge in [-0.05, 0) is 55.7 Å². The molecule has 1 aliphatic carbocycles. The number of rotatable bonds is 7. The fraction of sp³-hybridized carbons (Fsp3) is 0.280. The summed E-state index contributed by atoms with van der Waals surface area (Å²) in [5.74, 6) is -2.81. The normalized spacial score (nSPS) is 19.5. The van der Waals surface area contributed by atoms with Gasteiger partial charge in [0.05, 0.1) is 11.9 Å². The van der Waals surface area contributed by atoms with E-state index in [0.29, 0.717) is 5.56 Å². The van der Waals surface area contributed by atoms with Crippen LogP contribution in [-0.2, 0) is 21.5 Å². The molecule has 0 radical (unpaired) electrons. The molecule has 9 nitrogen and oxygen atoms in total. The number of benzene rings is 2. The number of carboxylic acid groups (broad SMARTS) is 1. The average Bonchev–Trinajstić information content (AvgIpc) is 3.42. The van der Waals surface area contributed by atoms with E-state index in [4.69, 9.17) is 23.2 Å². The monoisotopic (exact) mass is 582 g/mol. The number of fused-ring (bicyclic) bond motifs is 1. The molecule has 2 heterocycles. The highest BCUT2D eigenvalue weighted by molar-refractivity contribution is 6.35. The number of ether oxygens (including phenoxy) is 1. The van der Waals surface area contributed by atoms with E-state index in [0.717, 1.165) is 12.1 Å². The molecule has 2 aliphatic rings. The zero-order valence-electron chi connectivity index (χ0n) is 20.1. The number of aromatic nitrogens is 2. The molecule has 2 aromatic carbocycles. The number of carbonyl (C=O) groups excluding carboxylic acids is 2. The molecule has 2 amide bonds. The predicted octanol–water partition coefficient (Wildman–Crippen LogP) is 5.07. The van der Waals surface area contributed by atoms with Gasteiger partial charge >= 0.3 is 12.3 Å². The van der Waals surface area contributed by atoms with Gasteiger partial charge in [-0.15, -0.1) is 13.2 Å². The summed E-state index contributed by atoms with van der Waals surface area (Å²) < 4.78 is 43.1. The summed E-state index contributed by atoms with van der Waals surface area (Å²) >= 11 is 12.3. The second-order valence-corrected chi connectivity index (χ2v) is 10.4. The number of carbonyl (C=O) groups is 3. The quantitative estimate of drug-likeness (QED) is 0.402. The molecule has 39 heavy (non-hydrogen) atoms. The van der Waals surface area contributed by atoms with Gasteiger partial charge in [-0.2, -0.15) is 0 Å². The molecule has 1 saturated carbocycles. The second-order valence-electron chi connectivity index (χ2n) is 9.53. The lowest BCUT2D eigenvalue weighted by Gasteiger charge is -2.27. The number of hydrogen-bond acceptors (Lipinski definition) is 5. The first-order valence-corrected chi connectivity index (χ1v) is 12.3. The molecule has 0 bridgehead atoms. The first-order chi connectivity index (χ1) is 18.2. The van der Waals surface area contributed by atoms with E-state index in [1.165, 1.54) is 46.0 Å². The van der Waals surface area contributed by atoms with E-state index in [1.807, 2.05) is 0 Å². The average molecular weight is 583 g/mol. The summed E-state index contributed by atoms with van der Waals surface area (Å²) in [6.07, 6.45) is -3.19. The van der Waals surface area contributed by atoms with Crippen LogP contribution in [0.15, 0.2) is 48.7 Å². The minimum Gasteiger partial charge on any atom is -0.480 e. The van der Waals surface area contributed by atoms with Crippen molar-refractivity contribution >= 4 is 52.6 Å². The van der Waals surface area contributed by atoms with Crippen molar-refractivity contribution in [1.82, 2.24) is 14.9 Å². The molecule has 3 aromatic rings. The predicted molar refractivity (Wildman–Crippen MR) is 133 cm³/mol. The molecule has 5 rings (SSSR count). The van der Waals surface area contributed by atoms with Gasteiger partial charge in [0, 0.05) is 16.5 Å². The molecular formula is C25H19Cl2F3N4O5. The number of nitrogens with one attached hydrogen (secondary N) is 1. The minimum atomic E-state index is -4.86. The first-order valence-electron chi connectivity index (χ1n) is 11.5. The number of amides is 2. The van der Waals surface area contributed by atoms with E-state index in [9.17, 15) is 32.7 Å². The lowest BCUT2D eigenvalue weighted by atomic mass is 9.91. The number of anilines is 2. The van der Waals surface area contributed by atoms with Crippen LogP contribution in [0.25, 0.3) is 0 Å².